The van der Waals surface area contributed by atoms with Gasteiger partial charge in [-0.1, -0.05) is 36.4 Å². The van der Waals surface area contributed by atoms with Crippen LogP contribution in [0.5, 0.6) is 0 Å². The predicted octanol–water partition coefficient (Wildman–Crippen LogP) is 4.31. The van der Waals surface area contributed by atoms with Gasteiger partial charge in [-0.15, -0.1) is 11.3 Å². The molecule has 1 N–H and O–H groups in total. The lowest BCUT2D eigenvalue weighted by Gasteiger charge is -2.02. The highest BCUT2D eigenvalue weighted by atomic mass is 32.1. The quantitative estimate of drug-likeness (QED) is 0.535. The molecule has 0 radical (unpaired) electrons. The monoisotopic (exact) mass is 388 g/mol. The van der Waals surface area contributed by atoms with Crippen LogP contribution in [-0.2, 0) is 6.42 Å². The third-order valence-electron chi connectivity index (χ3n) is 4.97. The molecule has 1 aliphatic rings. The van der Waals surface area contributed by atoms with E-state index in [1.807, 2.05) is 42.6 Å². The molecule has 0 aliphatic heterocycles. The Morgan fingerprint density at radius 1 is 1.11 bits per heavy atom. The van der Waals surface area contributed by atoms with E-state index >= 15 is 0 Å². The molecule has 28 heavy (non-hydrogen) atoms. The number of amides is 1. The van der Waals surface area contributed by atoms with E-state index in [1.54, 1.807) is 11.3 Å². The topological polar surface area (TPSA) is 59.3 Å². The summed E-state index contributed by atoms with van der Waals surface area (Å²) < 4.78 is 2.05. The van der Waals surface area contributed by atoms with Gasteiger partial charge in [-0.05, 0) is 25.0 Å². The van der Waals surface area contributed by atoms with Gasteiger partial charge < -0.3 is 9.72 Å². The fraction of sp³-hybridized carbons (Fsp3) is 0.227. The van der Waals surface area contributed by atoms with Gasteiger partial charge in [0.2, 0.25) is 0 Å². The van der Waals surface area contributed by atoms with Crippen LogP contribution < -0.4 is 5.32 Å². The third-order valence-corrected chi connectivity index (χ3v) is 5.91. The lowest BCUT2D eigenvalue weighted by Crippen LogP contribution is -2.26. The Morgan fingerprint density at radius 2 is 1.93 bits per heavy atom. The van der Waals surface area contributed by atoms with Crippen LogP contribution in [0.15, 0.2) is 60.1 Å². The van der Waals surface area contributed by atoms with Crippen molar-refractivity contribution in [1.82, 2.24) is 19.7 Å². The molecule has 3 heterocycles. The number of imidazole rings is 1. The molecule has 0 spiro atoms. The summed E-state index contributed by atoms with van der Waals surface area (Å²) >= 11 is 1.63. The Kier molecular flexibility index (Phi) is 4.41. The summed E-state index contributed by atoms with van der Waals surface area (Å²) in [6.45, 7) is 0.543. The molecular formula is C22H20N4OS. The van der Waals surface area contributed by atoms with Crippen molar-refractivity contribution < 1.29 is 4.79 Å². The number of pyridine rings is 1. The van der Waals surface area contributed by atoms with Crippen LogP contribution in [0.2, 0.25) is 0 Å². The molecule has 1 fully saturated rings. The molecule has 3 aromatic heterocycles. The second-order valence-electron chi connectivity index (χ2n) is 7.06. The van der Waals surface area contributed by atoms with E-state index < -0.39 is 0 Å². The number of benzene rings is 1. The van der Waals surface area contributed by atoms with Crippen LogP contribution in [0.4, 0.5) is 0 Å². The summed E-state index contributed by atoms with van der Waals surface area (Å²) in [7, 11) is 0. The average Bonchev–Trinajstić information content (AvgIpc) is 3.34. The smallest absolute Gasteiger partial charge is 0.272 e. The van der Waals surface area contributed by atoms with Crippen molar-refractivity contribution in [2.24, 2.45) is 0 Å². The van der Waals surface area contributed by atoms with Gasteiger partial charge in [0.15, 0.2) is 5.69 Å². The van der Waals surface area contributed by atoms with Crippen molar-refractivity contribution in [3.05, 3.63) is 77.3 Å². The zero-order valence-corrected chi connectivity index (χ0v) is 16.2. The second kappa shape index (κ2) is 7.20. The number of aromatic nitrogens is 3. The summed E-state index contributed by atoms with van der Waals surface area (Å²) in [5, 5.41) is 6.08. The predicted molar refractivity (Wildman–Crippen MR) is 111 cm³/mol. The lowest BCUT2D eigenvalue weighted by molar-refractivity contribution is 0.0951. The fourth-order valence-electron chi connectivity index (χ4n) is 3.38. The number of rotatable bonds is 6. The van der Waals surface area contributed by atoms with E-state index in [9.17, 15) is 4.79 Å². The van der Waals surface area contributed by atoms with Gasteiger partial charge in [-0.2, -0.15) is 0 Å². The van der Waals surface area contributed by atoms with Gasteiger partial charge in [0.25, 0.3) is 5.91 Å². The SMILES string of the molecule is O=C(NCCc1csc(-c2ccccc2)n1)c1nc(C2CC2)n2ccccc12. The third kappa shape index (κ3) is 3.31. The number of carbonyl (C=O) groups excluding carboxylic acids is 1. The minimum absolute atomic E-state index is 0.117. The van der Waals surface area contributed by atoms with Crippen molar-refractivity contribution >= 4 is 22.8 Å². The molecule has 0 atom stereocenters. The molecule has 6 heteroatoms. The minimum Gasteiger partial charge on any atom is -0.350 e. The normalized spacial score (nSPS) is 13.7. The van der Waals surface area contributed by atoms with E-state index in [1.165, 1.54) is 0 Å². The Labute approximate surface area is 167 Å². The van der Waals surface area contributed by atoms with Crippen LogP contribution in [0.1, 0.15) is 40.8 Å². The van der Waals surface area contributed by atoms with Gasteiger partial charge in [-0.3, -0.25) is 4.79 Å². The van der Waals surface area contributed by atoms with E-state index in [0.717, 1.165) is 40.4 Å². The highest BCUT2D eigenvalue weighted by Crippen LogP contribution is 2.40. The summed E-state index contributed by atoms with van der Waals surface area (Å²) in [6.07, 6.45) is 5.01. The first-order chi connectivity index (χ1) is 13.8. The van der Waals surface area contributed by atoms with Gasteiger partial charge in [-0.25, -0.2) is 9.97 Å². The van der Waals surface area contributed by atoms with Crippen LogP contribution in [0.25, 0.3) is 16.1 Å². The maximum atomic E-state index is 12.7. The van der Waals surface area contributed by atoms with Gasteiger partial charge in [0.05, 0.1) is 11.2 Å². The van der Waals surface area contributed by atoms with Crippen LogP contribution in [0, 0.1) is 0 Å². The fourth-order valence-corrected chi connectivity index (χ4v) is 4.24. The molecule has 0 bridgehead atoms. The Balaban J connectivity index is 1.26. The lowest BCUT2D eigenvalue weighted by atomic mass is 10.2. The van der Waals surface area contributed by atoms with Crippen molar-refractivity contribution in [3.8, 4) is 10.6 Å². The highest BCUT2D eigenvalue weighted by Gasteiger charge is 2.30. The standard InChI is InChI=1S/C22H20N4OS/c27-21(19-18-8-4-5-13-26(18)20(25-19)15-9-10-15)23-12-11-17-14-28-22(24-17)16-6-2-1-3-7-16/h1-8,13-15H,9-12H2,(H,23,27). The number of carbonyl (C=O) groups is 1. The first-order valence-electron chi connectivity index (χ1n) is 9.54. The Hall–Kier alpha value is -2.99. The molecule has 1 aliphatic carbocycles. The van der Waals surface area contributed by atoms with Gasteiger partial charge in [0.1, 0.15) is 10.8 Å². The van der Waals surface area contributed by atoms with E-state index in [2.05, 4.69) is 37.2 Å². The molecule has 5 rings (SSSR count). The molecule has 4 aromatic rings. The van der Waals surface area contributed by atoms with Crippen LogP contribution in [0.3, 0.4) is 0 Å². The maximum Gasteiger partial charge on any atom is 0.272 e. The summed E-state index contributed by atoms with van der Waals surface area (Å²) in [5.41, 5.74) is 3.52. The number of fused-ring (bicyclic) bond motifs is 1. The van der Waals surface area contributed by atoms with Gasteiger partial charge in [0, 0.05) is 36.0 Å². The molecule has 5 nitrogen and oxygen atoms in total. The molecule has 1 aromatic carbocycles. The highest BCUT2D eigenvalue weighted by molar-refractivity contribution is 7.13. The number of hydrogen-bond acceptors (Lipinski definition) is 4. The number of hydrogen-bond donors (Lipinski definition) is 1. The Bertz CT molecular complexity index is 1130. The molecule has 1 amide bonds. The van der Waals surface area contributed by atoms with Crippen LogP contribution >= 0.6 is 11.3 Å². The largest absolute Gasteiger partial charge is 0.350 e. The molecule has 1 saturated carbocycles. The second-order valence-corrected chi connectivity index (χ2v) is 7.92. The van der Waals surface area contributed by atoms with Crippen molar-refractivity contribution in [3.63, 3.8) is 0 Å². The maximum absolute atomic E-state index is 12.7. The number of nitrogens with one attached hydrogen (secondary N) is 1. The summed E-state index contributed by atoms with van der Waals surface area (Å²) in [4.78, 5) is 22.1. The average molecular weight is 388 g/mol. The van der Waals surface area contributed by atoms with E-state index in [-0.39, 0.29) is 5.91 Å². The molecule has 0 unspecified atom stereocenters. The number of thiazole rings is 1. The van der Waals surface area contributed by atoms with Crippen molar-refractivity contribution in [2.75, 3.05) is 6.54 Å². The summed E-state index contributed by atoms with van der Waals surface area (Å²) in [5.74, 6) is 1.38. The summed E-state index contributed by atoms with van der Waals surface area (Å²) in [6, 6.07) is 16.0. The molecule has 140 valence electrons. The Morgan fingerprint density at radius 3 is 2.75 bits per heavy atom. The van der Waals surface area contributed by atoms with Gasteiger partial charge >= 0.3 is 0 Å². The van der Waals surface area contributed by atoms with Crippen molar-refractivity contribution in [1.29, 1.82) is 0 Å². The first-order valence-corrected chi connectivity index (χ1v) is 10.4. The zero-order chi connectivity index (χ0) is 18.9. The van der Waals surface area contributed by atoms with Crippen molar-refractivity contribution in [2.45, 2.75) is 25.2 Å². The minimum atomic E-state index is -0.117. The zero-order valence-electron chi connectivity index (χ0n) is 15.3. The molecule has 0 saturated heterocycles. The first kappa shape index (κ1) is 17.1. The molecular weight excluding hydrogens is 368 g/mol. The van der Waals surface area contributed by atoms with Crippen LogP contribution in [-0.4, -0.2) is 26.8 Å². The number of nitrogens with zero attached hydrogens (tertiary/aromatic N) is 3. The van der Waals surface area contributed by atoms with E-state index in [4.69, 9.17) is 0 Å². The van der Waals surface area contributed by atoms with E-state index in [0.29, 0.717) is 24.6 Å².